The van der Waals surface area contributed by atoms with Crippen molar-refractivity contribution >= 4 is 28.2 Å². The highest BCUT2D eigenvalue weighted by molar-refractivity contribution is 7.80. The molecular weight excluding hydrogens is 404 g/mol. The fraction of sp³-hybridized carbons (Fsp3) is 0.471. The maximum atomic E-state index is 12.7. The van der Waals surface area contributed by atoms with Crippen molar-refractivity contribution in [1.29, 1.82) is 0 Å². The summed E-state index contributed by atoms with van der Waals surface area (Å²) in [6.07, 6.45) is 0.679. The van der Waals surface area contributed by atoms with Gasteiger partial charge in [-0.2, -0.15) is 13.5 Å². The monoisotopic (exact) mass is 426 g/mol. The molecule has 1 unspecified atom stereocenters. The minimum absolute atomic E-state index is 0.0799. The Morgan fingerprint density at radius 2 is 1.97 bits per heavy atom. The van der Waals surface area contributed by atoms with E-state index in [4.69, 9.17) is 4.55 Å². The molecule has 1 aromatic carbocycles. The van der Waals surface area contributed by atoms with Gasteiger partial charge in [0, 0.05) is 13.1 Å². The van der Waals surface area contributed by atoms with Crippen LogP contribution in [-0.2, 0) is 30.7 Å². The molecule has 11 nitrogen and oxygen atoms in total. The number of hydroxylamine groups is 2. The van der Waals surface area contributed by atoms with E-state index in [0.29, 0.717) is 11.5 Å². The fourth-order valence-electron chi connectivity index (χ4n) is 3.50. The molecule has 158 valence electrons. The van der Waals surface area contributed by atoms with E-state index >= 15 is 0 Å². The average Bonchev–Trinajstić information content (AvgIpc) is 2.90. The lowest BCUT2D eigenvalue weighted by atomic mass is 10.0. The summed E-state index contributed by atoms with van der Waals surface area (Å²) in [5, 5.41) is 1.76. The molecular formula is C17H22N4O7S. The van der Waals surface area contributed by atoms with Crippen LogP contribution in [-0.4, -0.2) is 71.0 Å². The van der Waals surface area contributed by atoms with E-state index in [9.17, 15) is 22.8 Å². The second kappa shape index (κ2) is 8.35. The van der Waals surface area contributed by atoms with Crippen molar-refractivity contribution < 1.29 is 31.6 Å². The summed E-state index contributed by atoms with van der Waals surface area (Å²) in [6.45, 7) is 2.03. The molecule has 1 aromatic rings. The lowest BCUT2D eigenvalue weighted by Crippen LogP contribution is -2.55. The number of amides is 4. The maximum Gasteiger partial charge on any atom is 0.418 e. The minimum Gasteiger partial charge on any atom is -0.309 e. The van der Waals surface area contributed by atoms with Crippen LogP contribution in [0.15, 0.2) is 30.3 Å². The molecule has 0 radical (unpaired) electrons. The first-order valence-electron chi connectivity index (χ1n) is 9.11. The topological polar surface area (TPSA) is 137 Å². The number of hydrogen-bond donors (Lipinski definition) is 2. The van der Waals surface area contributed by atoms with Gasteiger partial charge >= 0.3 is 16.4 Å². The quantitative estimate of drug-likeness (QED) is 0.487. The third-order valence-electron chi connectivity index (χ3n) is 4.86. The fourth-order valence-corrected chi connectivity index (χ4v) is 3.88. The SMILES string of the molecule is CCN(NC(=O)[C@@H]1CCC2CN1C(=O)N2OS(=O)(=O)O)C(=O)Cc1ccccc1. The van der Waals surface area contributed by atoms with Crippen LogP contribution < -0.4 is 5.43 Å². The Hall–Kier alpha value is -2.70. The van der Waals surface area contributed by atoms with Gasteiger partial charge in [-0.25, -0.2) is 4.79 Å². The molecule has 29 heavy (non-hydrogen) atoms. The van der Waals surface area contributed by atoms with E-state index in [1.54, 1.807) is 6.92 Å². The standard InChI is InChI=1S/C17H22N4O7S/c1-2-20(15(22)10-12-6-4-3-5-7-12)18-16(23)14-9-8-13-11-19(14)17(24)21(13)28-29(25,26)27/h3-7,13-14H,2,8-11H2,1H3,(H,18,23)(H,25,26,27)/t13?,14-/m0/s1. The number of likely N-dealkylation sites (N-methyl/N-ethyl adjacent to an activating group) is 1. The smallest absolute Gasteiger partial charge is 0.309 e. The summed E-state index contributed by atoms with van der Waals surface area (Å²) in [7, 11) is -4.86. The number of hydrazine groups is 1. The number of urea groups is 1. The van der Waals surface area contributed by atoms with Crippen LogP contribution in [0.2, 0.25) is 0 Å². The molecule has 2 fully saturated rings. The van der Waals surface area contributed by atoms with E-state index in [2.05, 4.69) is 9.71 Å². The number of piperidine rings is 1. The highest BCUT2D eigenvalue weighted by Crippen LogP contribution is 2.30. The van der Waals surface area contributed by atoms with Gasteiger partial charge in [-0.1, -0.05) is 30.3 Å². The van der Waals surface area contributed by atoms with E-state index in [-0.39, 0.29) is 31.8 Å². The Kier molecular flexibility index (Phi) is 6.05. The third-order valence-corrected chi connectivity index (χ3v) is 5.21. The maximum absolute atomic E-state index is 12.7. The van der Waals surface area contributed by atoms with Gasteiger partial charge in [0.1, 0.15) is 6.04 Å². The number of carbonyl (C=O) groups excluding carboxylic acids is 3. The predicted octanol–water partition coefficient (Wildman–Crippen LogP) is 0.112. The molecule has 3 rings (SSSR count). The van der Waals surface area contributed by atoms with Crippen LogP contribution >= 0.6 is 0 Å². The number of nitrogens with one attached hydrogen (secondary N) is 1. The molecule has 0 saturated carbocycles. The summed E-state index contributed by atoms with van der Waals surface area (Å²) in [5.41, 5.74) is 3.35. The number of rotatable bonds is 6. The summed E-state index contributed by atoms with van der Waals surface area (Å²) < 4.78 is 35.1. The minimum atomic E-state index is -4.86. The Labute approximate surface area is 168 Å². The number of nitrogens with zero attached hydrogens (tertiary/aromatic N) is 3. The first-order chi connectivity index (χ1) is 13.7. The van der Waals surface area contributed by atoms with Crippen molar-refractivity contribution in [2.75, 3.05) is 13.1 Å². The Morgan fingerprint density at radius 3 is 2.59 bits per heavy atom. The van der Waals surface area contributed by atoms with E-state index < -0.39 is 34.4 Å². The second-order valence-electron chi connectivity index (χ2n) is 6.79. The molecule has 4 amide bonds. The largest absolute Gasteiger partial charge is 0.418 e. The van der Waals surface area contributed by atoms with Crippen LogP contribution in [0.3, 0.4) is 0 Å². The highest BCUT2D eigenvalue weighted by atomic mass is 32.3. The van der Waals surface area contributed by atoms with E-state index in [1.165, 1.54) is 9.91 Å². The summed E-state index contributed by atoms with van der Waals surface area (Å²) >= 11 is 0. The zero-order valence-electron chi connectivity index (χ0n) is 15.7. The second-order valence-corrected chi connectivity index (χ2v) is 7.79. The van der Waals surface area contributed by atoms with Crippen LogP contribution in [0.5, 0.6) is 0 Å². The zero-order valence-corrected chi connectivity index (χ0v) is 16.5. The first-order valence-corrected chi connectivity index (χ1v) is 10.5. The molecule has 2 aliphatic heterocycles. The van der Waals surface area contributed by atoms with Gasteiger partial charge < -0.3 is 4.90 Å². The van der Waals surface area contributed by atoms with Crippen molar-refractivity contribution in [3.8, 4) is 0 Å². The Morgan fingerprint density at radius 1 is 1.28 bits per heavy atom. The van der Waals surface area contributed by atoms with Crippen LogP contribution in [0, 0.1) is 0 Å². The molecule has 2 atom stereocenters. The normalized spacial score (nSPS) is 21.2. The van der Waals surface area contributed by atoms with Gasteiger partial charge in [-0.3, -0.25) is 24.6 Å². The molecule has 2 aliphatic rings. The van der Waals surface area contributed by atoms with E-state index in [0.717, 1.165) is 5.56 Å². The summed E-state index contributed by atoms with van der Waals surface area (Å²) in [4.78, 5) is 38.8. The van der Waals surface area contributed by atoms with Crippen molar-refractivity contribution in [2.45, 2.75) is 38.3 Å². The summed E-state index contributed by atoms with van der Waals surface area (Å²) in [5.74, 6) is -0.849. The van der Waals surface area contributed by atoms with Crippen LogP contribution in [0.1, 0.15) is 25.3 Å². The third kappa shape index (κ3) is 4.83. The highest BCUT2D eigenvalue weighted by Gasteiger charge is 2.49. The number of carbonyl (C=O) groups is 3. The number of hydrogen-bond acceptors (Lipinski definition) is 6. The van der Waals surface area contributed by atoms with Crippen molar-refractivity contribution in [3.05, 3.63) is 35.9 Å². The number of benzene rings is 1. The predicted molar refractivity (Wildman–Crippen MR) is 99.1 cm³/mol. The van der Waals surface area contributed by atoms with Crippen molar-refractivity contribution in [2.24, 2.45) is 0 Å². The van der Waals surface area contributed by atoms with Gasteiger partial charge in [-0.05, 0) is 25.3 Å². The van der Waals surface area contributed by atoms with Gasteiger partial charge in [-0.15, -0.1) is 4.28 Å². The first kappa shape index (κ1) is 21.0. The average molecular weight is 426 g/mol. The number of fused-ring (bicyclic) bond motifs is 2. The molecule has 2 saturated heterocycles. The Balaban J connectivity index is 1.64. The molecule has 12 heteroatoms. The Bertz CT molecular complexity index is 892. The van der Waals surface area contributed by atoms with Gasteiger partial charge in [0.15, 0.2) is 0 Å². The van der Waals surface area contributed by atoms with E-state index in [1.807, 2.05) is 30.3 Å². The van der Waals surface area contributed by atoms with Crippen molar-refractivity contribution in [1.82, 2.24) is 20.4 Å². The zero-order chi connectivity index (χ0) is 21.2. The molecule has 0 spiro atoms. The lowest BCUT2D eigenvalue weighted by Gasteiger charge is -2.31. The molecule has 0 aromatic heterocycles. The molecule has 0 aliphatic carbocycles. The molecule has 2 N–H and O–H groups in total. The van der Waals surface area contributed by atoms with Gasteiger partial charge in [0.2, 0.25) is 5.91 Å². The summed E-state index contributed by atoms with van der Waals surface area (Å²) in [6, 6.07) is 6.78. The van der Waals surface area contributed by atoms with Gasteiger partial charge in [0.05, 0.1) is 12.5 Å². The van der Waals surface area contributed by atoms with Gasteiger partial charge in [0.25, 0.3) is 5.91 Å². The van der Waals surface area contributed by atoms with Crippen LogP contribution in [0.25, 0.3) is 0 Å². The molecule has 2 heterocycles. The van der Waals surface area contributed by atoms with Crippen molar-refractivity contribution in [3.63, 3.8) is 0 Å². The lowest BCUT2D eigenvalue weighted by molar-refractivity contribution is -0.143. The molecule has 2 bridgehead atoms. The van der Waals surface area contributed by atoms with Crippen LogP contribution in [0.4, 0.5) is 4.79 Å².